The van der Waals surface area contributed by atoms with Gasteiger partial charge in [-0.2, -0.15) is 0 Å². The molecule has 0 radical (unpaired) electrons. The summed E-state index contributed by atoms with van der Waals surface area (Å²) in [6, 6.07) is 6.51. The summed E-state index contributed by atoms with van der Waals surface area (Å²) in [6.45, 7) is 3.08. The number of H-pyrrole nitrogens is 2. The molecule has 1 saturated heterocycles. The molecule has 9 heteroatoms. The molecule has 144 valence electrons. The number of hydrogen-bond acceptors (Lipinski definition) is 6. The van der Waals surface area contributed by atoms with E-state index in [1.165, 1.54) is 6.07 Å². The van der Waals surface area contributed by atoms with E-state index in [1.807, 2.05) is 4.90 Å². The van der Waals surface area contributed by atoms with Crippen molar-refractivity contribution in [2.45, 2.75) is 25.8 Å². The highest BCUT2D eigenvalue weighted by Crippen LogP contribution is 2.16. The Kier molecular flexibility index (Phi) is 4.64. The van der Waals surface area contributed by atoms with Gasteiger partial charge in [-0.15, -0.1) is 0 Å². The number of rotatable bonds is 3. The van der Waals surface area contributed by atoms with Crippen molar-refractivity contribution in [3.05, 3.63) is 62.4 Å². The third-order valence-corrected chi connectivity index (χ3v) is 4.85. The van der Waals surface area contributed by atoms with Crippen LogP contribution in [0.25, 0.3) is 11.0 Å². The predicted molar refractivity (Wildman–Crippen MR) is 105 cm³/mol. The van der Waals surface area contributed by atoms with Crippen LogP contribution < -0.4 is 21.3 Å². The van der Waals surface area contributed by atoms with Crippen molar-refractivity contribution in [2.75, 3.05) is 18.0 Å². The van der Waals surface area contributed by atoms with E-state index in [0.29, 0.717) is 48.6 Å². The summed E-state index contributed by atoms with van der Waals surface area (Å²) in [5.74, 6) is 0.154. The van der Waals surface area contributed by atoms with Gasteiger partial charge < -0.3 is 15.2 Å². The molecule has 3 aromatic rings. The number of pyridine rings is 2. The first kappa shape index (κ1) is 17.9. The molecule has 1 fully saturated rings. The van der Waals surface area contributed by atoms with Crippen LogP contribution in [-0.4, -0.2) is 45.0 Å². The third-order valence-electron chi connectivity index (χ3n) is 4.85. The van der Waals surface area contributed by atoms with Crippen LogP contribution in [0.4, 0.5) is 5.95 Å². The van der Waals surface area contributed by atoms with Crippen molar-refractivity contribution in [3.63, 3.8) is 0 Å². The second kappa shape index (κ2) is 7.26. The molecule has 3 N–H and O–H groups in total. The first-order valence-corrected chi connectivity index (χ1v) is 9.11. The lowest BCUT2D eigenvalue weighted by Crippen LogP contribution is -2.46. The zero-order valence-corrected chi connectivity index (χ0v) is 15.4. The molecule has 0 spiro atoms. The average Bonchev–Trinajstić information content (AvgIpc) is 2.67. The molecule has 0 saturated carbocycles. The first-order chi connectivity index (χ1) is 13.5. The molecule has 1 amide bonds. The number of amides is 1. The summed E-state index contributed by atoms with van der Waals surface area (Å²) in [5.41, 5.74) is 0.564. The molecule has 4 rings (SSSR count). The molecule has 0 aliphatic carbocycles. The minimum absolute atomic E-state index is 0.0516. The Labute approximate surface area is 159 Å². The van der Waals surface area contributed by atoms with Gasteiger partial charge in [0.1, 0.15) is 11.2 Å². The van der Waals surface area contributed by atoms with Crippen LogP contribution in [0.15, 0.2) is 40.1 Å². The molecule has 4 heterocycles. The number of nitrogens with zero attached hydrogens (tertiary/aromatic N) is 3. The summed E-state index contributed by atoms with van der Waals surface area (Å²) < 4.78 is 0. The second-order valence-electron chi connectivity index (χ2n) is 6.90. The third kappa shape index (κ3) is 3.64. The molecule has 9 nitrogen and oxygen atoms in total. The van der Waals surface area contributed by atoms with Gasteiger partial charge in [0.25, 0.3) is 17.0 Å². The van der Waals surface area contributed by atoms with Crippen LogP contribution in [0.3, 0.4) is 0 Å². The SMILES string of the molecule is Cc1cc(=O)[nH]c(N2CCC(NC(=O)c3cc4cccnc4[nH]c3=O)CC2)n1. The van der Waals surface area contributed by atoms with Gasteiger partial charge in [0.15, 0.2) is 0 Å². The maximum Gasteiger partial charge on any atom is 0.262 e. The molecule has 1 aliphatic heterocycles. The topological polar surface area (TPSA) is 124 Å². The van der Waals surface area contributed by atoms with Gasteiger partial charge >= 0.3 is 0 Å². The van der Waals surface area contributed by atoms with E-state index in [1.54, 1.807) is 31.3 Å². The lowest BCUT2D eigenvalue weighted by molar-refractivity contribution is 0.0929. The summed E-state index contributed by atoms with van der Waals surface area (Å²) in [4.78, 5) is 52.3. The number of hydrogen-bond donors (Lipinski definition) is 3. The fourth-order valence-corrected chi connectivity index (χ4v) is 3.42. The molecule has 0 unspecified atom stereocenters. The van der Waals surface area contributed by atoms with Crippen LogP contribution in [-0.2, 0) is 0 Å². The van der Waals surface area contributed by atoms with E-state index in [0.717, 1.165) is 0 Å². The lowest BCUT2D eigenvalue weighted by atomic mass is 10.0. The van der Waals surface area contributed by atoms with E-state index in [4.69, 9.17) is 0 Å². The van der Waals surface area contributed by atoms with E-state index < -0.39 is 11.5 Å². The number of carbonyl (C=O) groups is 1. The van der Waals surface area contributed by atoms with E-state index in [-0.39, 0.29) is 17.2 Å². The quantitative estimate of drug-likeness (QED) is 0.615. The normalized spacial score (nSPS) is 15.0. The van der Waals surface area contributed by atoms with Gasteiger partial charge in [-0.25, -0.2) is 9.97 Å². The highest BCUT2D eigenvalue weighted by atomic mass is 16.2. The predicted octanol–water partition coefficient (Wildman–Crippen LogP) is 0.714. The van der Waals surface area contributed by atoms with Gasteiger partial charge in [-0.1, -0.05) is 0 Å². The number of anilines is 1. The summed E-state index contributed by atoms with van der Waals surface area (Å²) in [7, 11) is 0. The highest BCUT2D eigenvalue weighted by molar-refractivity contribution is 5.96. The van der Waals surface area contributed by atoms with Gasteiger partial charge in [-0.05, 0) is 38.0 Å². The summed E-state index contributed by atoms with van der Waals surface area (Å²) in [5, 5.41) is 3.64. The molecule has 0 bridgehead atoms. The Hall–Kier alpha value is -3.49. The molecule has 0 atom stereocenters. The zero-order valence-electron chi connectivity index (χ0n) is 15.4. The molecule has 3 aromatic heterocycles. The van der Waals surface area contributed by atoms with E-state index >= 15 is 0 Å². The molecular formula is C19H20N6O3. The van der Waals surface area contributed by atoms with Crippen LogP contribution in [0.5, 0.6) is 0 Å². The van der Waals surface area contributed by atoms with Crippen LogP contribution in [0.2, 0.25) is 0 Å². The maximum atomic E-state index is 12.6. The smallest absolute Gasteiger partial charge is 0.262 e. The summed E-state index contributed by atoms with van der Waals surface area (Å²) >= 11 is 0. The number of aromatic amines is 2. The first-order valence-electron chi connectivity index (χ1n) is 9.11. The average molecular weight is 380 g/mol. The molecule has 1 aliphatic rings. The van der Waals surface area contributed by atoms with Crippen LogP contribution >= 0.6 is 0 Å². The van der Waals surface area contributed by atoms with Gasteiger partial charge in [0.05, 0.1) is 0 Å². The number of nitrogens with one attached hydrogen (secondary N) is 3. The monoisotopic (exact) mass is 380 g/mol. The Morgan fingerprint density at radius 3 is 2.75 bits per heavy atom. The molecule has 0 aromatic carbocycles. The van der Waals surface area contributed by atoms with Gasteiger partial charge in [-0.3, -0.25) is 19.4 Å². The summed E-state index contributed by atoms with van der Waals surface area (Å²) in [6.07, 6.45) is 2.97. The Bertz CT molecular complexity index is 1140. The van der Waals surface area contributed by atoms with Crippen molar-refractivity contribution in [2.24, 2.45) is 0 Å². The Morgan fingerprint density at radius 2 is 2.00 bits per heavy atom. The van der Waals surface area contributed by atoms with Crippen molar-refractivity contribution >= 4 is 22.9 Å². The number of aryl methyl sites for hydroxylation is 1. The minimum Gasteiger partial charge on any atom is -0.349 e. The number of fused-ring (bicyclic) bond motifs is 1. The van der Waals surface area contributed by atoms with Crippen molar-refractivity contribution < 1.29 is 4.79 Å². The lowest BCUT2D eigenvalue weighted by Gasteiger charge is -2.32. The Morgan fingerprint density at radius 1 is 1.21 bits per heavy atom. The maximum absolute atomic E-state index is 12.6. The van der Waals surface area contributed by atoms with Gasteiger partial charge in [0.2, 0.25) is 5.95 Å². The minimum atomic E-state index is -0.456. The largest absolute Gasteiger partial charge is 0.349 e. The van der Waals surface area contributed by atoms with Crippen LogP contribution in [0, 0.1) is 6.92 Å². The number of carbonyl (C=O) groups excluding carboxylic acids is 1. The van der Waals surface area contributed by atoms with Crippen molar-refractivity contribution in [1.82, 2.24) is 25.3 Å². The second-order valence-corrected chi connectivity index (χ2v) is 6.90. The van der Waals surface area contributed by atoms with Gasteiger partial charge in [0, 0.05) is 42.5 Å². The fraction of sp³-hybridized carbons (Fsp3) is 0.316. The van der Waals surface area contributed by atoms with Crippen LogP contribution in [0.1, 0.15) is 28.9 Å². The van der Waals surface area contributed by atoms with E-state index in [2.05, 4.69) is 25.3 Å². The van der Waals surface area contributed by atoms with E-state index in [9.17, 15) is 14.4 Å². The highest BCUT2D eigenvalue weighted by Gasteiger charge is 2.23. The zero-order chi connectivity index (χ0) is 19.7. The number of piperidine rings is 1. The Balaban J connectivity index is 1.43. The standard InChI is InChI=1S/C19H20N6O3/c1-11-9-15(26)23-19(21-11)25-7-4-13(5-8-25)22-17(27)14-10-12-3-2-6-20-16(12)24-18(14)28/h2-3,6,9-10,13H,4-5,7-8H2,1H3,(H,22,27)(H,20,24,28)(H,21,23,26). The molecular weight excluding hydrogens is 360 g/mol. The van der Waals surface area contributed by atoms with Crippen molar-refractivity contribution in [1.29, 1.82) is 0 Å². The molecule has 28 heavy (non-hydrogen) atoms. The number of aromatic nitrogens is 4. The van der Waals surface area contributed by atoms with Crippen molar-refractivity contribution in [3.8, 4) is 0 Å². The fourth-order valence-electron chi connectivity index (χ4n) is 3.42.